The highest BCUT2D eigenvalue weighted by molar-refractivity contribution is 7.99. The first-order valence-electron chi connectivity index (χ1n) is 7.79. The summed E-state index contributed by atoms with van der Waals surface area (Å²) in [5, 5.41) is 6.85. The van der Waals surface area contributed by atoms with E-state index in [0.717, 1.165) is 11.8 Å². The number of rotatable bonds is 6. The third kappa shape index (κ3) is 3.65. The highest BCUT2D eigenvalue weighted by Crippen LogP contribution is 2.37. The number of nitrogens with one attached hydrogen (secondary N) is 1. The van der Waals surface area contributed by atoms with Crippen LogP contribution in [0.2, 0.25) is 0 Å². The normalized spacial score (nSPS) is 12.0. The van der Waals surface area contributed by atoms with E-state index >= 15 is 0 Å². The first kappa shape index (κ1) is 18.2. The quantitative estimate of drug-likeness (QED) is 0.635. The number of halogens is 2. The van der Waals surface area contributed by atoms with Crippen molar-refractivity contribution in [2.45, 2.75) is 17.3 Å². The van der Waals surface area contributed by atoms with Crippen molar-refractivity contribution in [2.75, 3.05) is 14.2 Å². The summed E-state index contributed by atoms with van der Waals surface area (Å²) >= 11 is 1.16. The van der Waals surface area contributed by atoms with Gasteiger partial charge < -0.3 is 9.47 Å². The molecule has 26 heavy (non-hydrogen) atoms. The molecule has 1 N–H and O–H groups in total. The van der Waals surface area contributed by atoms with Crippen molar-refractivity contribution in [3.05, 3.63) is 53.6 Å². The smallest absolute Gasteiger partial charge is 0.209 e. The molecule has 0 amide bonds. The summed E-state index contributed by atoms with van der Waals surface area (Å²) in [5.41, 5.74) is 0.711. The Morgan fingerprint density at radius 1 is 1.08 bits per heavy atom. The predicted molar refractivity (Wildman–Crippen MR) is 95.6 cm³/mol. The molecule has 1 heterocycles. The lowest BCUT2D eigenvalue weighted by Gasteiger charge is -2.11. The monoisotopic (exact) mass is 377 g/mol. The Hall–Kier alpha value is -2.61. The maximum absolute atomic E-state index is 13.9. The van der Waals surface area contributed by atoms with Crippen molar-refractivity contribution in [1.29, 1.82) is 0 Å². The van der Waals surface area contributed by atoms with Gasteiger partial charge >= 0.3 is 0 Å². The minimum atomic E-state index is -0.586. The third-order valence-corrected chi connectivity index (χ3v) is 4.80. The van der Waals surface area contributed by atoms with Gasteiger partial charge in [0.1, 0.15) is 23.1 Å². The van der Waals surface area contributed by atoms with E-state index in [2.05, 4.69) is 15.2 Å². The van der Waals surface area contributed by atoms with Gasteiger partial charge in [0.25, 0.3) is 0 Å². The lowest BCUT2D eigenvalue weighted by Crippen LogP contribution is -1.98. The Balaban J connectivity index is 1.85. The molecular formula is C18H17F2N3O2S. The Labute approximate surface area is 153 Å². The molecule has 0 aliphatic heterocycles. The van der Waals surface area contributed by atoms with E-state index in [4.69, 9.17) is 9.47 Å². The molecule has 2 aromatic carbocycles. The topological polar surface area (TPSA) is 60.0 Å². The molecule has 0 saturated carbocycles. The Kier molecular flexibility index (Phi) is 5.41. The Morgan fingerprint density at radius 2 is 1.81 bits per heavy atom. The second kappa shape index (κ2) is 7.74. The van der Waals surface area contributed by atoms with Crippen molar-refractivity contribution in [3.8, 4) is 22.9 Å². The maximum Gasteiger partial charge on any atom is 0.209 e. The molecule has 3 aromatic rings. The van der Waals surface area contributed by atoms with E-state index in [9.17, 15) is 8.78 Å². The predicted octanol–water partition coefficient (Wildman–Crippen LogP) is 4.62. The van der Waals surface area contributed by atoms with Crippen LogP contribution in [0.4, 0.5) is 8.78 Å². The summed E-state index contributed by atoms with van der Waals surface area (Å²) in [5.74, 6) is 0.553. The van der Waals surface area contributed by atoms with Gasteiger partial charge in [0.05, 0.1) is 19.8 Å². The van der Waals surface area contributed by atoms with Gasteiger partial charge in [0.15, 0.2) is 5.82 Å². The van der Waals surface area contributed by atoms with Crippen LogP contribution in [-0.2, 0) is 0 Å². The van der Waals surface area contributed by atoms with Crippen LogP contribution in [0, 0.1) is 11.6 Å². The second-order valence-electron chi connectivity index (χ2n) is 5.43. The molecule has 0 unspecified atom stereocenters. The molecule has 0 fully saturated rings. The van der Waals surface area contributed by atoms with Gasteiger partial charge in [-0.25, -0.2) is 13.8 Å². The van der Waals surface area contributed by atoms with E-state index < -0.39 is 16.9 Å². The molecule has 0 bridgehead atoms. The molecule has 0 spiro atoms. The molecule has 8 heteroatoms. The van der Waals surface area contributed by atoms with Crippen LogP contribution in [-0.4, -0.2) is 29.4 Å². The number of hydrogen-bond donors (Lipinski definition) is 1. The summed E-state index contributed by atoms with van der Waals surface area (Å²) in [4.78, 5) is 4.40. The molecule has 136 valence electrons. The van der Waals surface area contributed by atoms with Gasteiger partial charge in [-0.2, -0.15) is 0 Å². The molecule has 0 radical (unpaired) electrons. The van der Waals surface area contributed by atoms with Crippen molar-refractivity contribution >= 4 is 11.8 Å². The van der Waals surface area contributed by atoms with E-state index in [-0.39, 0.29) is 5.56 Å². The highest BCUT2D eigenvalue weighted by Gasteiger charge is 2.20. The number of thioether (sulfide) groups is 1. The van der Waals surface area contributed by atoms with Gasteiger partial charge in [0, 0.05) is 16.9 Å². The van der Waals surface area contributed by atoms with Gasteiger partial charge in [-0.3, -0.25) is 5.10 Å². The summed E-state index contributed by atoms with van der Waals surface area (Å²) in [6.07, 6.45) is 0. The summed E-state index contributed by atoms with van der Waals surface area (Å²) in [6, 6.07) is 9.13. The summed E-state index contributed by atoms with van der Waals surface area (Å²) < 4.78 is 38.4. The van der Waals surface area contributed by atoms with Crippen LogP contribution in [0.5, 0.6) is 11.5 Å². The van der Waals surface area contributed by atoms with Crippen LogP contribution in [0.3, 0.4) is 0 Å². The van der Waals surface area contributed by atoms with Crippen LogP contribution in [0.1, 0.15) is 17.7 Å². The molecule has 3 rings (SSSR count). The number of aromatic amines is 1. The van der Waals surface area contributed by atoms with Crippen LogP contribution in [0.15, 0.2) is 41.6 Å². The fourth-order valence-corrected chi connectivity index (χ4v) is 3.43. The Morgan fingerprint density at radius 3 is 2.46 bits per heavy atom. The first-order valence-corrected chi connectivity index (χ1v) is 8.66. The zero-order chi connectivity index (χ0) is 18.7. The van der Waals surface area contributed by atoms with Gasteiger partial charge in [-0.05, 0) is 31.2 Å². The van der Waals surface area contributed by atoms with Gasteiger partial charge in [-0.1, -0.05) is 17.8 Å². The minimum absolute atomic E-state index is 0.00544. The van der Waals surface area contributed by atoms with E-state index in [1.807, 2.05) is 0 Å². The summed E-state index contributed by atoms with van der Waals surface area (Å²) in [7, 11) is 3.12. The SMILES string of the molecule is COc1ccc(-c2nc(S[C@@H](C)c3c(F)cccc3F)n[nH]2)c(OC)c1. The minimum Gasteiger partial charge on any atom is -0.497 e. The van der Waals surface area contributed by atoms with Crippen LogP contribution < -0.4 is 9.47 Å². The standard InChI is InChI=1S/C18H17F2N3O2S/c1-10(16-13(19)5-4-6-14(16)20)26-18-21-17(22-23-18)12-8-7-11(24-2)9-15(12)25-3/h4-10H,1-3H3,(H,21,22,23)/t10-/m0/s1. The average molecular weight is 377 g/mol. The highest BCUT2D eigenvalue weighted by atomic mass is 32.2. The number of hydrogen-bond acceptors (Lipinski definition) is 5. The van der Waals surface area contributed by atoms with Crippen molar-refractivity contribution in [3.63, 3.8) is 0 Å². The van der Waals surface area contributed by atoms with Crippen molar-refractivity contribution in [1.82, 2.24) is 15.2 Å². The Bertz CT molecular complexity index is 897. The third-order valence-electron chi connectivity index (χ3n) is 3.82. The first-order chi connectivity index (χ1) is 12.5. The number of aromatic nitrogens is 3. The number of benzene rings is 2. The molecule has 0 aliphatic carbocycles. The molecule has 1 aromatic heterocycles. The van der Waals surface area contributed by atoms with Gasteiger partial charge in [0.2, 0.25) is 5.16 Å². The van der Waals surface area contributed by atoms with E-state index in [0.29, 0.717) is 28.0 Å². The summed E-state index contributed by atoms with van der Waals surface area (Å²) in [6.45, 7) is 1.70. The molecule has 5 nitrogen and oxygen atoms in total. The zero-order valence-electron chi connectivity index (χ0n) is 14.4. The van der Waals surface area contributed by atoms with E-state index in [1.165, 1.54) is 18.2 Å². The molecule has 0 saturated heterocycles. The maximum atomic E-state index is 13.9. The van der Waals surface area contributed by atoms with E-state index in [1.54, 1.807) is 39.3 Å². The number of H-pyrrole nitrogens is 1. The number of nitrogens with zero attached hydrogens (tertiary/aromatic N) is 2. The molecule has 0 aliphatic rings. The van der Waals surface area contributed by atoms with Crippen molar-refractivity contribution in [2.24, 2.45) is 0 Å². The lowest BCUT2D eigenvalue weighted by atomic mass is 10.1. The van der Waals surface area contributed by atoms with Gasteiger partial charge in [-0.15, -0.1) is 5.10 Å². The lowest BCUT2D eigenvalue weighted by molar-refractivity contribution is 0.395. The molecule has 1 atom stereocenters. The fraction of sp³-hybridized carbons (Fsp3) is 0.222. The number of ether oxygens (including phenoxy) is 2. The average Bonchev–Trinajstić information content (AvgIpc) is 3.09. The van der Waals surface area contributed by atoms with Crippen molar-refractivity contribution < 1.29 is 18.3 Å². The van der Waals surface area contributed by atoms with Crippen LogP contribution >= 0.6 is 11.8 Å². The molecular weight excluding hydrogens is 360 g/mol. The van der Waals surface area contributed by atoms with Crippen LogP contribution in [0.25, 0.3) is 11.4 Å². The zero-order valence-corrected chi connectivity index (χ0v) is 15.2. The number of methoxy groups -OCH3 is 2. The largest absolute Gasteiger partial charge is 0.497 e. The second-order valence-corrected chi connectivity index (χ2v) is 6.74. The fourth-order valence-electron chi connectivity index (χ4n) is 2.53.